The van der Waals surface area contributed by atoms with Gasteiger partial charge in [-0.3, -0.25) is 9.59 Å². The highest BCUT2D eigenvalue weighted by Gasteiger charge is 2.28. The minimum atomic E-state index is 0.0716. The monoisotopic (exact) mass is 693 g/mol. The molecule has 1 rings (SSSR count). The zero-order valence-corrected chi connectivity index (χ0v) is 35.6. The lowest BCUT2D eigenvalue weighted by atomic mass is 9.82. The smallest absolute Gasteiger partial charge is 0.185 e. The van der Waals surface area contributed by atoms with Gasteiger partial charge >= 0.3 is 0 Å². The van der Waals surface area contributed by atoms with Crippen molar-refractivity contribution in [2.24, 2.45) is 35.5 Å². The van der Waals surface area contributed by atoms with E-state index < -0.39 is 0 Å². The Morgan fingerprint density at radius 3 is 0.980 bits per heavy atom. The minimum absolute atomic E-state index is 0.0716. The van der Waals surface area contributed by atoms with Gasteiger partial charge in [-0.15, -0.1) is 0 Å². The second-order valence-electron chi connectivity index (χ2n) is 18.1. The first kappa shape index (κ1) is 46.3. The van der Waals surface area contributed by atoms with Crippen molar-refractivity contribution in [3.05, 3.63) is 45.6 Å². The van der Waals surface area contributed by atoms with Gasteiger partial charge in [0.25, 0.3) is 0 Å². The molecule has 0 aliphatic heterocycles. The molecule has 0 heterocycles. The van der Waals surface area contributed by atoms with Crippen molar-refractivity contribution in [2.75, 3.05) is 0 Å². The van der Waals surface area contributed by atoms with Gasteiger partial charge in [-0.25, -0.2) is 0 Å². The van der Waals surface area contributed by atoms with Crippen LogP contribution in [-0.2, 0) is 9.59 Å². The quantitative estimate of drug-likeness (QED) is 0.0604. The maximum atomic E-state index is 13.4. The highest BCUT2D eigenvalue weighted by Crippen LogP contribution is 2.30. The molecule has 2 heteroatoms. The van der Waals surface area contributed by atoms with E-state index in [2.05, 4.69) is 81.4 Å². The van der Waals surface area contributed by atoms with Gasteiger partial charge in [0.05, 0.1) is 0 Å². The van der Waals surface area contributed by atoms with Crippen molar-refractivity contribution in [2.45, 2.75) is 212 Å². The van der Waals surface area contributed by atoms with Gasteiger partial charge in [0.15, 0.2) is 11.6 Å². The Kier molecular flexibility index (Phi) is 24.2. The lowest BCUT2D eigenvalue weighted by Gasteiger charge is -2.20. The maximum Gasteiger partial charge on any atom is 0.185 e. The van der Waals surface area contributed by atoms with Crippen LogP contribution in [0.2, 0.25) is 0 Å². The molecule has 0 amide bonds. The number of carbonyl (C=O) groups excluding carboxylic acids is 2. The molecule has 0 saturated heterocycles. The van der Waals surface area contributed by atoms with E-state index in [9.17, 15) is 9.59 Å². The Morgan fingerprint density at radius 1 is 0.440 bits per heavy atom. The number of Topliss-reactive ketones (excluding diaryl/α,β-unsaturated/α-hetero) is 2. The molecule has 0 aromatic heterocycles. The number of hydrogen-bond donors (Lipinski definition) is 0. The Bertz CT molecular complexity index is 1020. The Balaban J connectivity index is 2.44. The minimum Gasteiger partial charge on any atom is -0.289 e. The summed E-state index contributed by atoms with van der Waals surface area (Å²) in [5.74, 6) is 5.06. The second kappa shape index (κ2) is 26.1. The number of rotatable bonds is 28. The van der Waals surface area contributed by atoms with Crippen LogP contribution < -0.4 is 0 Å². The molecule has 2 nitrogen and oxygen atoms in total. The predicted molar refractivity (Wildman–Crippen MR) is 222 cm³/mol. The third kappa shape index (κ3) is 20.4. The molecule has 0 aromatic rings. The van der Waals surface area contributed by atoms with Crippen molar-refractivity contribution < 1.29 is 9.59 Å². The Morgan fingerprint density at radius 2 is 0.700 bits per heavy atom. The zero-order chi connectivity index (χ0) is 37.6. The standard InChI is InChI=1S/C48H84O2/c1-35(2)19-13-21-37(5)23-15-25-39(7)27-17-29-41(9)31-33-45-43(11)48(50)46(44(12)47(45)49)34-32-42(10)30-18-28-40(8)26-16-24-38(6)22-14-20-36(3)4/h31-32,35-40H,13-30,33-34H2,1-12H3/b41-31+,42-32+/t37-,38-,39-,40-/m1/s1. The molecule has 0 N–H and O–H groups in total. The van der Waals surface area contributed by atoms with E-state index >= 15 is 0 Å². The van der Waals surface area contributed by atoms with Gasteiger partial charge in [-0.1, -0.05) is 169 Å². The fraction of sp³-hybridized carbons (Fsp3) is 0.792. The first-order valence-corrected chi connectivity index (χ1v) is 21.4. The van der Waals surface area contributed by atoms with Gasteiger partial charge in [0.2, 0.25) is 0 Å². The Labute approximate surface area is 312 Å². The number of hydrogen-bond acceptors (Lipinski definition) is 2. The molecule has 0 bridgehead atoms. The molecule has 0 aromatic carbocycles. The van der Waals surface area contributed by atoms with Crippen LogP contribution in [0.4, 0.5) is 0 Å². The van der Waals surface area contributed by atoms with Crippen LogP contribution in [0, 0.1) is 35.5 Å². The third-order valence-electron chi connectivity index (χ3n) is 11.7. The van der Waals surface area contributed by atoms with E-state index in [4.69, 9.17) is 0 Å². The summed E-state index contributed by atoms with van der Waals surface area (Å²) in [6.45, 7) is 27.1. The average molecular weight is 693 g/mol. The first-order valence-electron chi connectivity index (χ1n) is 21.4. The molecule has 4 atom stereocenters. The van der Waals surface area contributed by atoms with Gasteiger partial charge in [-0.2, -0.15) is 0 Å². The molecular weight excluding hydrogens is 609 g/mol. The SMILES string of the molecule is CC1=C(C/C=C(\C)CCC[C@H](C)CCC[C@H](C)CCCC(C)C)C(=O)C(C)=C(C/C=C(\C)CCC[C@H](C)CCC[C@H](C)CCCC(C)C)C1=O. The highest BCUT2D eigenvalue weighted by molar-refractivity contribution is 6.25. The third-order valence-corrected chi connectivity index (χ3v) is 11.7. The molecule has 0 saturated carbocycles. The lowest BCUT2D eigenvalue weighted by molar-refractivity contribution is -0.116. The summed E-state index contributed by atoms with van der Waals surface area (Å²) in [5, 5.41) is 0. The summed E-state index contributed by atoms with van der Waals surface area (Å²) in [7, 11) is 0. The van der Waals surface area contributed by atoms with Crippen molar-refractivity contribution in [1.29, 1.82) is 0 Å². The van der Waals surface area contributed by atoms with Crippen LogP contribution in [0.5, 0.6) is 0 Å². The summed E-state index contributed by atoms with van der Waals surface area (Å²) in [6.07, 6.45) is 29.0. The maximum absolute atomic E-state index is 13.4. The summed E-state index contributed by atoms with van der Waals surface area (Å²) in [4.78, 5) is 26.8. The normalized spacial score (nSPS) is 17.4. The van der Waals surface area contributed by atoms with Crippen LogP contribution in [0.1, 0.15) is 212 Å². The molecule has 0 spiro atoms. The van der Waals surface area contributed by atoms with Crippen LogP contribution in [0.3, 0.4) is 0 Å². The lowest BCUT2D eigenvalue weighted by Crippen LogP contribution is -2.21. The molecule has 0 fully saturated rings. The second-order valence-corrected chi connectivity index (χ2v) is 18.1. The number of ketones is 2. The van der Waals surface area contributed by atoms with Gasteiger partial charge in [0, 0.05) is 22.3 Å². The molecule has 1 aliphatic carbocycles. The van der Waals surface area contributed by atoms with Crippen molar-refractivity contribution in [3.8, 4) is 0 Å². The van der Waals surface area contributed by atoms with Crippen molar-refractivity contribution in [1.82, 2.24) is 0 Å². The summed E-state index contributed by atoms with van der Waals surface area (Å²) < 4.78 is 0. The van der Waals surface area contributed by atoms with Crippen molar-refractivity contribution >= 4 is 11.6 Å². The summed E-state index contributed by atoms with van der Waals surface area (Å²) >= 11 is 0. The molecule has 0 unspecified atom stereocenters. The molecule has 288 valence electrons. The van der Waals surface area contributed by atoms with E-state index in [0.29, 0.717) is 35.1 Å². The fourth-order valence-corrected chi connectivity index (χ4v) is 7.73. The first-order chi connectivity index (χ1) is 23.6. The molecule has 50 heavy (non-hydrogen) atoms. The topological polar surface area (TPSA) is 34.1 Å². The molecule has 0 radical (unpaired) electrons. The summed E-state index contributed by atoms with van der Waals surface area (Å²) in [6, 6.07) is 0. The zero-order valence-electron chi connectivity index (χ0n) is 35.6. The van der Waals surface area contributed by atoms with Gasteiger partial charge < -0.3 is 0 Å². The number of allylic oxidation sites excluding steroid dienone is 8. The average Bonchev–Trinajstić information content (AvgIpc) is 3.03. The molecular formula is C48H84O2. The summed E-state index contributed by atoms with van der Waals surface area (Å²) in [5.41, 5.74) is 5.38. The van der Waals surface area contributed by atoms with Gasteiger partial charge in [-0.05, 0) is 102 Å². The van der Waals surface area contributed by atoms with Crippen LogP contribution in [-0.4, -0.2) is 11.6 Å². The van der Waals surface area contributed by atoms with E-state index in [1.165, 1.54) is 114 Å². The van der Waals surface area contributed by atoms with Crippen LogP contribution in [0.25, 0.3) is 0 Å². The predicted octanol–water partition coefficient (Wildman–Crippen LogP) is 15.3. The number of carbonyl (C=O) groups is 2. The highest BCUT2D eigenvalue weighted by atomic mass is 16.1. The van der Waals surface area contributed by atoms with E-state index in [1.54, 1.807) is 0 Å². The van der Waals surface area contributed by atoms with Gasteiger partial charge in [0.1, 0.15) is 0 Å². The van der Waals surface area contributed by atoms with E-state index in [0.717, 1.165) is 48.3 Å². The van der Waals surface area contributed by atoms with Crippen LogP contribution >= 0.6 is 0 Å². The van der Waals surface area contributed by atoms with Crippen molar-refractivity contribution in [3.63, 3.8) is 0 Å². The fourth-order valence-electron chi connectivity index (χ4n) is 7.73. The van der Waals surface area contributed by atoms with Crippen LogP contribution in [0.15, 0.2) is 45.6 Å². The largest absolute Gasteiger partial charge is 0.289 e. The van der Waals surface area contributed by atoms with E-state index in [-0.39, 0.29) is 11.6 Å². The molecule has 1 aliphatic rings. The van der Waals surface area contributed by atoms with E-state index in [1.807, 2.05) is 13.8 Å². The Hall–Kier alpha value is -1.70.